The van der Waals surface area contributed by atoms with Gasteiger partial charge in [0.05, 0.1) is 28.1 Å². The molecule has 0 radical (unpaired) electrons. The minimum Gasteiger partial charge on any atom is -0.365 e. The Hall–Kier alpha value is -3.34. The highest BCUT2D eigenvalue weighted by Crippen LogP contribution is 2.36. The molecule has 1 fully saturated rings. The molecule has 2 heterocycles. The summed E-state index contributed by atoms with van der Waals surface area (Å²) in [5.74, 6) is 1.63. The molecule has 2 aromatic heterocycles. The molecule has 0 saturated heterocycles. The third-order valence-corrected chi connectivity index (χ3v) is 7.01. The third kappa shape index (κ3) is 4.39. The summed E-state index contributed by atoms with van der Waals surface area (Å²) in [7, 11) is 2.11. The molecule has 34 heavy (non-hydrogen) atoms. The first kappa shape index (κ1) is 22.5. The van der Waals surface area contributed by atoms with Gasteiger partial charge in [0.15, 0.2) is 0 Å². The van der Waals surface area contributed by atoms with Crippen LogP contribution in [0.4, 0.5) is 17.3 Å². The van der Waals surface area contributed by atoms with Crippen LogP contribution in [0.5, 0.6) is 0 Å². The molecule has 5 rings (SSSR count). The summed E-state index contributed by atoms with van der Waals surface area (Å²) in [6, 6.07) is 15.4. The summed E-state index contributed by atoms with van der Waals surface area (Å²) in [4.78, 5) is 12.2. The minimum atomic E-state index is 0.788. The molecular formula is C29H35N5. The van der Waals surface area contributed by atoms with Crippen molar-refractivity contribution >= 4 is 28.4 Å². The van der Waals surface area contributed by atoms with E-state index in [1.54, 1.807) is 0 Å². The topological polar surface area (TPSA) is 46.0 Å². The maximum absolute atomic E-state index is 4.98. The van der Waals surface area contributed by atoms with Crippen molar-refractivity contribution in [2.75, 3.05) is 16.8 Å². The molecule has 0 bridgehead atoms. The molecule has 1 saturated carbocycles. The van der Waals surface area contributed by atoms with E-state index in [9.17, 15) is 0 Å². The molecule has 5 heteroatoms. The fourth-order valence-electron chi connectivity index (χ4n) is 5.03. The number of hydrogen-bond acceptors (Lipinski definition) is 4. The number of rotatable bonds is 7. The SMILES string of the molecule is Cc1ccc(CN(CC2CC2)c2cccc3nc(Nc4c(C)cc(C)nc4C)n(C)c23)c(C)c1. The lowest BCUT2D eigenvalue weighted by molar-refractivity contribution is 0.721. The van der Waals surface area contributed by atoms with Crippen molar-refractivity contribution in [1.29, 1.82) is 0 Å². The highest BCUT2D eigenvalue weighted by atomic mass is 15.2. The molecule has 0 atom stereocenters. The van der Waals surface area contributed by atoms with Gasteiger partial charge in [-0.05, 0) is 88.3 Å². The number of aryl methyl sites for hydroxylation is 6. The van der Waals surface area contributed by atoms with Crippen molar-refractivity contribution in [3.05, 3.63) is 76.1 Å². The Kier molecular flexibility index (Phi) is 5.80. The van der Waals surface area contributed by atoms with E-state index in [0.29, 0.717) is 0 Å². The van der Waals surface area contributed by atoms with Crippen LogP contribution in [0.2, 0.25) is 0 Å². The Labute approximate surface area is 202 Å². The minimum absolute atomic E-state index is 0.788. The number of pyridine rings is 1. The molecule has 1 N–H and O–H groups in total. The van der Waals surface area contributed by atoms with Gasteiger partial charge in [-0.1, -0.05) is 29.8 Å². The summed E-state index contributed by atoms with van der Waals surface area (Å²) in [5, 5.41) is 3.58. The Morgan fingerprint density at radius 2 is 1.76 bits per heavy atom. The zero-order valence-electron chi connectivity index (χ0n) is 21.2. The first-order chi connectivity index (χ1) is 16.3. The van der Waals surface area contributed by atoms with E-state index in [-0.39, 0.29) is 0 Å². The van der Waals surface area contributed by atoms with Crippen LogP contribution >= 0.6 is 0 Å². The van der Waals surface area contributed by atoms with Gasteiger partial charge in [0, 0.05) is 25.8 Å². The number of nitrogens with one attached hydrogen (secondary N) is 1. The number of hydrogen-bond donors (Lipinski definition) is 1. The average Bonchev–Trinajstić information content (AvgIpc) is 3.54. The lowest BCUT2D eigenvalue weighted by Crippen LogP contribution is -2.26. The molecule has 4 aromatic rings. The average molecular weight is 454 g/mol. The zero-order valence-corrected chi connectivity index (χ0v) is 21.2. The number of anilines is 3. The molecule has 0 unspecified atom stereocenters. The summed E-state index contributed by atoms with van der Waals surface area (Å²) < 4.78 is 2.20. The van der Waals surface area contributed by atoms with Gasteiger partial charge in [-0.25, -0.2) is 4.98 Å². The van der Waals surface area contributed by atoms with E-state index in [1.807, 2.05) is 6.92 Å². The molecular weight excluding hydrogens is 418 g/mol. The molecule has 176 valence electrons. The van der Waals surface area contributed by atoms with Crippen LogP contribution < -0.4 is 10.2 Å². The third-order valence-electron chi connectivity index (χ3n) is 7.01. The van der Waals surface area contributed by atoms with Crippen LogP contribution in [-0.2, 0) is 13.6 Å². The molecule has 0 spiro atoms. The second kappa shape index (κ2) is 8.79. The fraction of sp³-hybridized carbons (Fsp3) is 0.379. The second-order valence-electron chi connectivity index (χ2n) is 10.1. The van der Waals surface area contributed by atoms with Gasteiger partial charge in [0.2, 0.25) is 5.95 Å². The number of para-hydroxylation sites is 1. The van der Waals surface area contributed by atoms with Gasteiger partial charge in [-0.15, -0.1) is 0 Å². The van der Waals surface area contributed by atoms with Crippen LogP contribution in [0, 0.1) is 40.5 Å². The molecule has 0 amide bonds. The summed E-state index contributed by atoms with van der Waals surface area (Å²) in [6.45, 7) is 12.6. The van der Waals surface area contributed by atoms with Crippen LogP contribution in [0.15, 0.2) is 42.5 Å². The van der Waals surface area contributed by atoms with Gasteiger partial charge in [-0.2, -0.15) is 0 Å². The highest BCUT2D eigenvalue weighted by Gasteiger charge is 2.26. The van der Waals surface area contributed by atoms with Crippen LogP contribution in [0.25, 0.3) is 11.0 Å². The number of aromatic nitrogens is 3. The van der Waals surface area contributed by atoms with Gasteiger partial charge < -0.3 is 14.8 Å². The Balaban J connectivity index is 1.55. The lowest BCUT2D eigenvalue weighted by Gasteiger charge is -2.27. The predicted molar refractivity (Wildman–Crippen MR) is 142 cm³/mol. The number of nitrogens with zero attached hydrogens (tertiary/aromatic N) is 4. The maximum atomic E-state index is 4.98. The fourth-order valence-corrected chi connectivity index (χ4v) is 5.03. The summed E-state index contributed by atoms with van der Waals surface area (Å²) in [6.07, 6.45) is 2.66. The van der Waals surface area contributed by atoms with Gasteiger partial charge in [-0.3, -0.25) is 4.98 Å². The molecule has 1 aliphatic rings. The number of fused-ring (bicyclic) bond motifs is 1. The van der Waals surface area contributed by atoms with Crippen LogP contribution in [-0.4, -0.2) is 21.1 Å². The molecule has 2 aromatic carbocycles. The summed E-state index contributed by atoms with van der Waals surface area (Å²) in [5.41, 5.74) is 11.8. The van der Waals surface area contributed by atoms with Crippen molar-refractivity contribution in [1.82, 2.24) is 14.5 Å². The van der Waals surface area contributed by atoms with Crippen molar-refractivity contribution < 1.29 is 0 Å². The second-order valence-corrected chi connectivity index (χ2v) is 10.1. The van der Waals surface area contributed by atoms with Crippen molar-refractivity contribution in [3.8, 4) is 0 Å². The predicted octanol–water partition coefficient (Wildman–Crippen LogP) is 6.67. The Bertz CT molecular complexity index is 1340. The molecule has 5 nitrogen and oxygen atoms in total. The number of imidazole rings is 1. The van der Waals surface area contributed by atoms with E-state index >= 15 is 0 Å². The van der Waals surface area contributed by atoms with Crippen molar-refractivity contribution in [3.63, 3.8) is 0 Å². The van der Waals surface area contributed by atoms with Crippen molar-refractivity contribution in [2.45, 2.75) is 54.0 Å². The van der Waals surface area contributed by atoms with E-state index in [0.717, 1.165) is 47.5 Å². The Morgan fingerprint density at radius 3 is 2.47 bits per heavy atom. The molecule has 1 aliphatic carbocycles. The van der Waals surface area contributed by atoms with E-state index < -0.39 is 0 Å². The monoisotopic (exact) mass is 453 g/mol. The molecule has 0 aliphatic heterocycles. The largest absolute Gasteiger partial charge is 0.365 e. The normalized spacial score (nSPS) is 13.5. The van der Waals surface area contributed by atoms with Crippen LogP contribution in [0.1, 0.15) is 46.5 Å². The lowest BCUT2D eigenvalue weighted by atomic mass is 10.0. The quantitative estimate of drug-likeness (QED) is 0.339. The first-order valence-corrected chi connectivity index (χ1v) is 12.3. The van der Waals surface area contributed by atoms with Gasteiger partial charge in [0.1, 0.15) is 0 Å². The van der Waals surface area contributed by atoms with Gasteiger partial charge in [0.25, 0.3) is 0 Å². The first-order valence-electron chi connectivity index (χ1n) is 12.3. The van der Waals surface area contributed by atoms with E-state index in [4.69, 9.17) is 4.98 Å². The van der Waals surface area contributed by atoms with E-state index in [1.165, 1.54) is 46.3 Å². The van der Waals surface area contributed by atoms with E-state index in [2.05, 4.69) is 97.0 Å². The zero-order chi connectivity index (χ0) is 24.0. The van der Waals surface area contributed by atoms with Crippen LogP contribution in [0.3, 0.4) is 0 Å². The van der Waals surface area contributed by atoms with Gasteiger partial charge >= 0.3 is 0 Å². The highest BCUT2D eigenvalue weighted by molar-refractivity contribution is 5.91. The standard InChI is InChI=1S/C29H35N5/c1-18-10-13-24(19(2)14-18)17-34(16-23-11-12-23)26-9-7-8-25-28(26)33(6)29(31-25)32-27-20(3)15-21(4)30-22(27)5/h7-10,13-15,23H,11-12,16-17H2,1-6H3,(H,31,32). The smallest absolute Gasteiger partial charge is 0.208 e. The maximum Gasteiger partial charge on any atom is 0.208 e. The summed E-state index contributed by atoms with van der Waals surface area (Å²) >= 11 is 0. The number of benzene rings is 2. The van der Waals surface area contributed by atoms with Crippen molar-refractivity contribution in [2.24, 2.45) is 13.0 Å². The Morgan fingerprint density at radius 1 is 0.971 bits per heavy atom.